The van der Waals surface area contributed by atoms with Gasteiger partial charge in [0.15, 0.2) is 20.8 Å². The number of imide groups is 1. The second-order valence-corrected chi connectivity index (χ2v) is 8.02. The topological polar surface area (TPSA) is 101 Å². The van der Waals surface area contributed by atoms with Crippen LogP contribution in [0.5, 0.6) is 0 Å². The molecule has 0 bridgehead atoms. The maximum atomic E-state index is 11.9. The fourth-order valence-corrected chi connectivity index (χ4v) is 3.09. The van der Waals surface area contributed by atoms with Crippen molar-refractivity contribution < 1.29 is 27.9 Å². The number of rotatable bonds is 4. The zero-order valence-corrected chi connectivity index (χ0v) is 14.2. The zero-order chi connectivity index (χ0) is 17.4. The molecule has 2 amide bonds. The number of cyclic esters (lactones) is 1. The standard InChI is InChI=1S/C13H13Cl2NO6S/c1-23(20,21)8-4-2-7(3-5-8)10-9(6-17)16(13(19)22-10)12(18)11(14)15/h2-5,9-11,17H,6H2,1H3. The molecule has 1 N–H and O–H groups in total. The van der Waals surface area contributed by atoms with Crippen LogP contribution in [-0.4, -0.2) is 54.2 Å². The number of sulfone groups is 1. The number of hydrogen-bond donors (Lipinski definition) is 1. The van der Waals surface area contributed by atoms with Crippen LogP contribution in [0.4, 0.5) is 4.79 Å². The minimum Gasteiger partial charge on any atom is -0.439 e. The van der Waals surface area contributed by atoms with Crippen molar-refractivity contribution in [3.63, 3.8) is 0 Å². The SMILES string of the molecule is CS(=O)(=O)c1ccc(C2OC(=O)N(C(=O)C(Cl)Cl)C2CO)cc1. The normalized spacial score (nSPS) is 21.6. The maximum absolute atomic E-state index is 11.9. The molecule has 10 heteroatoms. The number of hydrogen-bond acceptors (Lipinski definition) is 6. The van der Waals surface area contributed by atoms with Crippen LogP contribution < -0.4 is 0 Å². The molecular formula is C13H13Cl2NO6S. The first-order chi connectivity index (χ1) is 10.7. The fourth-order valence-electron chi connectivity index (χ4n) is 2.25. The molecule has 1 aromatic rings. The maximum Gasteiger partial charge on any atom is 0.417 e. The highest BCUT2D eigenvalue weighted by Crippen LogP contribution is 2.34. The number of aliphatic hydroxyl groups excluding tert-OH is 1. The lowest BCUT2D eigenvalue weighted by molar-refractivity contribution is -0.128. The van der Waals surface area contributed by atoms with E-state index < -0.39 is 45.4 Å². The number of amides is 2. The molecule has 2 rings (SSSR count). The Morgan fingerprint density at radius 1 is 1.35 bits per heavy atom. The van der Waals surface area contributed by atoms with Gasteiger partial charge in [0.05, 0.1) is 11.5 Å². The van der Waals surface area contributed by atoms with Crippen molar-refractivity contribution >= 4 is 45.0 Å². The average molecular weight is 382 g/mol. The summed E-state index contributed by atoms with van der Waals surface area (Å²) in [5.41, 5.74) is 0.431. The van der Waals surface area contributed by atoms with Crippen LogP contribution in [0.1, 0.15) is 11.7 Å². The molecule has 7 nitrogen and oxygen atoms in total. The third-order valence-electron chi connectivity index (χ3n) is 3.35. The largest absolute Gasteiger partial charge is 0.439 e. The van der Waals surface area contributed by atoms with Crippen molar-refractivity contribution in [3.05, 3.63) is 29.8 Å². The lowest BCUT2D eigenvalue weighted by atomic mass is 10.0. The Hall–Kier alpha value is -1.35. The van der Waals surface area contributed by atoms with Gasteiger partial charge in [0.25, 0.3) is 5.91 Å². The van der Waals surface area contributed by atoms with E-state index in [9.17, 15) is 23.1 Å². The molecule has 0 spiro atoms. The monoisotopic (exact) mass is 381 g/mol. The number of carbonyl (C=O) groups excluding carboxylic acids is 2. The van der Waals surface area contributed by atoms with Crippen molar-refractivity contribution in [2.75, 3.05) is 12.9 Å². The summed E-state index contributed by atoms with van der Waals surface area (Å²) in [5.74, 6) is -0.896. The van der Waals surface area contributed by atoms with E-state index in [-0.39, 0.29) is 4.90 Å². The predicted molar refractivity (Wildman–Crippen MR) is 82.0 cm³/mol. The zero-order valence-electron chi connectivity index (χ0n) is 11.8. The number of aliphatic hydroxyl groups is 1. The Morgan fingerprint density at radius 2 is 1.91 bits per heavy atom. The molecular weight excluding hydrogens is 369 g/mol. The lowest BCUT2D eigenvalue weighted by Crippen LogP contribution is -2.44. The Morgan fingerprint density at radius 3 is 2.35 bits per heavy atom. The molecule has 23 heavy (non-hydrogen) atoms. The van der Waals surface area contributed by atoms with Gasteiger partial charge in [-0.15, -0.1) is 0 Å². The third-order valence-corrected chi connectivity index (χ3v) is 4.86. The predicted octanol–water partition coefficient (Wildman–Crippen LogP) is 1.27. The van der Waals surface area contributed by atoms with Crippen LogP contribution in [0, 0.1) is 0 Å². The van der Waals surface area contributed by atoms with Crippen molar-refractivity contribution in [1.29, 1.82) is 0 Å². The molecule has 1 fully saturated rings. The van der Waals surface area contributed by atoms with Crippen molar-refractivity contribution in [3.8, 4) is 0 Å². The minimum atomic E-state index is -3.36. The lowest BCUT2D eigenvalue weighted by Gasteiger charge is -2.21. The molecule has 1 saturated heterocycles. The Balaban J connectivity index is 2.33. The van der Waals surface area contributed by atoms with E-state index in [1.165, 1.54) is 24.3 Å². The Bertz CT molecular complexity index is 718. The second-order valence-electron chi connectivity index (χ2n) is 4.90. The van der Waals surface area contributed by atoms with E-state index in [1.807, 2.05) is 0 Å². The third kappa shape index (κ3) is 3.60. The van der Waals surface area contributed by atoms with Crippen LogP contribution in [0.25, 0.3) is 0 Å². The van der Waals surface area contributed by atoms with Gasteiger partial charge < -0.3 is 9.84 Å². The van der Waals surface area contributed by atoms with Crippen LogP contribution in [0.2, 0.25) is 0 Å². The van der Waals surface area contributed by atoms with Crippen molar-refractivity contribution in [2.24, 2.45) is 0 Å². The van der Waals surface area contributed by atoms with Crippen molar-refractivity contribution in [1.82, 2.24) is 4.90 Å². The molecule has 2 atom stereocenters. The average Bonchev–Trinajstić information content (AvgIpc) is 2.82. The number of carbonyl (C=O) groups is 2. The van der Waals surface area contributed by atoms with Gasteiger partial charge in [0, 0.05) is 6.26 Å². The van der Waals surface area contributed by atoms with E-state index in [4.69, 9.17) is 27.9 Å². The molecule has 0 aliphatic carbocycles. The molecule has 2 unspecified atom stereocenters. The first-order valence-electron chi connectivity index (χ1n) is 6.39. The highest BCUT2D eigenvalue weighted by atomic mass is 35.5. The summed E-state index contributed by atoms with van der Waals surface area (Å²) in [6.07, 6.45) is -0.856. The number of ether oxygens (including phenoxy) is 1. The van der Waals surface area contributed by atoms with E-state index in [0.717, 1.165) is 6.26 Å². The molecule has 1 aliphatic heterocycles. The van der Waals surface area contributed by atoms with Crippen molar-refractivity contribution in [2.45, 2.75) is 21.9 Å². The molecule has 1 heterocycles. The van der Waals surface area contributed by atoms with Crippen LogP contribution in [-0.2, 0) is 19.4 Å². The van der Waals surface area contributed by atoms with Gasteiger partial charge in [-0.05, 0) is 17.7 Å². The molecule has 0 saturated carbocycles. The summed E-state index contributed by atoms with van der Waals surface area (Å²) < 4.78 is 28.0. The first kappa shape index (κ1) is 18.0. The number of benzene rings is 1. The number of nitrogens with zero attached hydrogens (tertiary/aromatic N) is 1. The number of alkyl halides is 2. The summed E-state index contributed by atoms with van der Waals surface area (Å²) in [7, 11) is -3.36. The summed E-state index contributed by atoms with van der Waals surface area (Å²) in [6.45, 7) is -0.559. The molecule has 0 aromatic heterocycles. The van der Waals surface area contributed by atoms with Crippen LogP contribution in [0.3, 0.4) is 0 Å². The van der Waals surface area contributed by atoms with Gasteiger partial charge in [-0.1, -0.05) is 35.3 Å². The Kier molecular flexibility index (Phi) is 5.20. The van der Waals surface area contributed by atoms with Gasteiger partial charge in [-0.2, -0.15) is 0 Å². The molecule has 1 aromatic carbocycles. The molecule has 126 valence electrons. The summed E-state index contributed by atoms with van der Waals surface area (Å²) >= 11 is 11.0. The minimum absolute atomic E-state index is 0.0978. The quantitative estimate of drug-likeness (QED) is 0.788. The van der Waals surface area contributed by atoms with Gasteiger partial charge in [0.1, 0.15) is 6.04 Å². The van der Waals surface area contributed by atoms with Gasteiger partial charge in [-0.3, -0.25) is 4.79 Å². The smallest absolute Gasteiger partial charge is 0.417 e. The fraction of sp³-hybridized carbons (Fsp3) is 0.385. The number of halogens is 2. The first-order valence-corrected chi connectivity index (χ1v) is 9.16. The summed E-state index contributed by atoms with van der Waals surface area (Å²) in [6, 6.07) is 4.60. The summed E-state index contributed by atoms with van der Waals surface area (Å²) in [4.78, 5) is 23.0. The van der Waals surface area contributed by atoms with E-state index in [1.54, 1.807) is 0 Å². The molecule has 1 aliphatic rings. The van der Waals surface area contributed by atoms with E-state index in [2.05, 4.69) is 0 Å². The second kappa shape index (κ2) is 6.64. The van der Waals surface area contributed by atoms with Gasteiger partial charge in [0.2, 0.25) is 0 Å². The highest BCUT2D eigenvalue weighted by Gasteiger charge is 2.47. The van der Waals surface area contributed by atoms with E-state index >= 15 is 0 Å². The van der Waals surface area contributed by atoms with Gasteiger partial charge >= 0.3 is 6.09 Å². The Labute approximate surface area is 142 Å². The summed E-state index contributed by atoms with van der Waals surface area (Å²) in [5, 5.41) is 9.49. The molecule has 0 radical (unpaired) electrons. The highest BCUT2D eigenvalue weighted by molar-refractivity contribution is 7.90. The van der Waals surface area contributed by atoms with E-state index in [0.29, 0.717) is 10.5 Å². The van der Waals surface area contributed by atoms with Crippen LogP contribution in [0.15, 0.2) is 29.2 Å². The van der Waals surface area contributed by atoms with Crippen LogP contribution >= 0.6 is 23.2 Å². The van der Waals surface area contributed by atoms with Gasteiger partial charge in [-0.25, -0.2) is 18.1 Å².